The van der Waals surface area contributed by atoms with E-state index in [0.717, 1.165) is 55.3 Å². The molecule has 1 fully saturated rings. The molecule has 30 heavy (non-hydrogen) atoms. The van der Waals surface area contributed by atoms with E-state index < -0.39 is 0 Å². The van der Waals surface area contributed by atoms with E-state index in [1.807, 2.05) is 78.9 Å². The summed E-state index contributed by atoms with van der Waals surface area (Å²) < 4.78 is 5.41. The summed E-state index contributed by atoms with van der Waals surface area (Å²) >= 11 is 0. The Balaban J connectivity index is 1.51. The molecule has 0 aliphatic carbocycles. The summed E-state index contributed by atoms with van der Waals surface area (Å²) in [4.78, 5) is 15.1. The summed E-state index contributed by atoms with van der Waals surface area (Å²) in [6.07, 6.45) is 0. The lowest BCUT2D eigenvalue weighted by molar-refractivity contribution is 0.0342. The smallest absolute Gasteiger partial charge is 0.271 e. The quantitative estimate of drug-likeness (QED) is 0.508. The molecule has 5 nitrogen and oxygen atoms in total. The highest BCUT2D eigenvalue weighted by atomic mass is 16.5. The molecular weight excluding hydrogens is 374 g/mol. The number of benzene rings is 3. The van der Waals surface area contributed by atoms with Gasteiger partial charge in [0.05, 0.1) is 18.9 Å². The molecule has 0 spiro atoms. The summed E-state index contributed by atoms with van der Waals surface area (Å²) in [5, 5.41) is 4.48. The van der Waals surface area contributed by atoms with Crippen molar-refractivity contribution in [1.29, 1.82) is 0 Å². The first-order chi connectivity index (χ1) is 14.8. The summed E-state index contributed by atoms with van der Waals surface area (Å²) in [6.45, 7) is 4.16. The van der Waals surface area contributed by atoms with Crippen molar-refractivity contribution >= 4 is 11.6 Å². The van der Waals surface area contributed by atoms with Crippen molar-refractivity contribution in [3.63, 3.8) is 0 Å². The minimum atomic E-state index is -0.219. The van der Waals surface area contributed by atoms with Gasteiger partial charge in [0.1, 0.15) is 0 Å². The molecule has 0 atom stereocenters. The Bertz CT molecular complexity index is 956. The molecule has 1 N–H and O–H groups in total. The highest BCUT2D eigenvalue weighted by molar-refractivity contribution is 6.13. The molecule has 1 saturated heterocycles. The third kappa shape index (κ3) is 5.20. The molecule has 1 aliphatic rings. The van der Waals surface area contributed by atoms with Gasteiger partial charge in [0.2, 0.25) is 0 Å². The monoisotopic (exact) mass is 399 g/mol. The number of rotatable bonds is 6. The van der Waals surface area contributed by atoms with Crippen molar-refractivity contribution in [2.75, 3.05) is 26.3 Å². The van der Waals surface area contributed by atoms with Crippen LogP contribution in [0, 0.1) is 0 Å². The first-order valence-electron chi connectivity index (χ1n) is 10.2. The molecule has 0 saturated carbocycles. The van der Waals surface area contributed by atoms with Crippen LogP contribution >= 0.6 is 0 Å². The Morgan fingerprint density at radius 1 is 0.833 bits per heavy atom. The predicted octanol–water partition coefficient (Wildman–Crippen LogP) is 3.70. The van der Waals surface area contributed by atoms with Crippen LogP contribution < -0.4 is 5.43 Å². The van der Waals surface area contributed by atoms with Gasteiger partial charge in [-0.05, 0) is 17.7 Å². The third-order valence-corrected chi connectivity index (χ3v) is 5.06. The van der Waals surface area contributed by atoms with Crippen molar-refractivity contribution < 1.29 is 9.53 Å². The fourth-order valence-corrected chi connectivity index (χ4v) is 3.49. The molecular formula is C25H25N3O2. The maximum atomic E-state index is 12.8. The molecule has 4 rings (SSSR count). The van der Waals surface area contributed by atoms with Gasteiger partial charge in [0.15, 0.2) is 0 Å². The number of hydrogen-bond donors (Lipinski definition) is 1. The van der Waals surface area contributed by atoms with Crippen LogP contribution in [0.4, 0.5) is 0 Å². The molecule has 0 radical (unpaired) electrons. The van der Waals surface area contributed by atoms with Gasteiger partial charge in [-0.1, -0.05) is 72.8 Å². The molecule has 0 bridgehead atoms. The van der Waals surface area contributed by atoms with Crippen LogP contribution in [-0.2, 0) is 11.3 Å². The fraction of sp³-hybridized carbons (Fsp3) is 0.200. The van der Waals surface area contributed by atoms with Gasteiger partial charge >= 0.3 is 0 Å². The normalized spacial score (nSPS) is 14.1. The minimum absolute atomic E-state index is 0.219. The van der Waals surface area contributed by atoms with Gasteiger partial charge in [0, 0.05) is 36.3 Å². The SMILES string of the molecule is O=C(NN=C(c1ccccc1)c1ccccc1)c1cccc(CN2CCOCC2)c1. The van der Waals surface area contributed by atoms with Crippen molar-refractivity contribution in [3.8, 4) is 0 Å². The topological polar surface area (TPSA) is 53.9 Å². The van der Waals surface area contributed by atoms with E-state index in [-0.39, 0.29) is 5.91 Å². The van der Waals surface area contributed by atoms with Crippen LogP contribution in [0.5, 0.6) is 0 Å². The number of hydrogen-bond acceptors (Lipinski definition) is 4. The number of amides is 1. The van der Waals surface area contributed by atoms with Crippen LogP contribution in [0.15, 0.2) is 90.0 Å². The number of carbonyl (C=O) groups is 1. The first kappa shape index (κ1) is 20.0. The van der Waals surface area contributed by atoms with Crippen molar-refractivity contribution in [2.24, 2.45) is 5.10 Å². The third-order valence-electron chi connectivity index (χ3n) is 5.06. The fourth-order valence-electron chi connectivity index (χ4n) is 3.49. The summed E-state index contributed by atoms with van der Waals surface area (Å²) in [5.41, 5.74) is 7.08. The Morgan fingerprint density at radius 2 is 1.43 bits per heavy atom. The van der Waals surface area contributed by atoms with E-state index >= 15 is 0 Å². The standard InChI is InChI=1S/C25H25N3O2/c29-25(23-13-7-8-20(18-23)19-28-14-16-30-17-15-28)27-26-24(21-9-3-1-4-10-21)22-11-5-2-6-12-22/h1-13,18H,14-17,19H2,(H,27,29). The number of ether oxygens (including phenoxy) is 1. The summed E-state index contributed by atoms with van der Waals surface area (Å²) in [5.74, 6) is -0.219. The number of carbonyl (C=O) groups excluding carboxylic acids is 1. The minimum Gasteiger partial charge on any atom is -0.379 e. The Morgan fingerprint density at radius 3 is 2.07 bits per heavy atom. The number of nitrogens with one attached hydrogen (secondary N) is 1. The summed E-state index contributed by atoms with van der Waals surface area (Å²) in [7, 11) is 0. The number of nitrogens with zero attached hydrogens (tertiary/aromatic N) is 2. The molecule has 3 aromatic rings. The highest BCUT2D eigenvalue weighted by Crippen LogP contribution is 2.12. The van der Waals surface area contributed by atoms with Gasteiger partial charge < -0.3 is 4.74 Å². The number of hydrazone groups is 1. The van der Waals surface area contributed by atoms with Crippen molar-refractivity contribution in [3.05, 3.63) is 107 Å². The van der Waals surface area contributed by atoms with Gasteiger partial charge in [-0.25, -0.2) is 5.43 Å². The Hall–Kier alpha value is -3.28. The van der Waals surface area contributed by atoms with E-state index in [1.54, 1.807) is 0 Å². The maximum Gasteiger partial charge on any atom is 0.271 e. The average Bonchev–Trinajstić information content (AvgIpc) is 2.81. The second-order valence-corrected chi connectivity index (χ2v) is 7.22. The van der Waals surface area contributed by atoms with E-state index in [0.29, 0.717) is 5.56 Å². The lowest BCUT2D eigenvalue weighted by atomic mass is 10.0. The highest BCUT2D eigenvalue weighted by Gasteiger charge is 2.13. The molecule has 0 unspecified atom stereocenters. The zero-order valence-electron chi connectivity index (χ0n) is 16.8. The van der Waals surface area contributed by atoms with E-state index in [9.17, 15) is 4.79 Å². The number of morpholine rings is 1. The first-order valence-corrected chi connectivity index (χ1v) is 10.2. The Kier molecular flexibility index (Phi) is 6.65. The Labute approximate surface area is 177 Å². The van der Waals surface area contributed by atoms with Crippen LogP contribution in [0.3, 0.4) is 0 Å². The molecule has 152 valence electrons. The van der Waals surface area contributed by atoms with Gasteiger partial charge in [0.25, 0.3) is 5.91 Å². The second kappa shape index (κ2) is 9.96. The zero-order chi connectivity index (χ0) is 20.6. The van der Waals surface area contributed by atoms with E-state index in [1.165, 1.54) is 0 Å². The lowest BCUT2D eigenvalue weighted by Gasteiger charge is -2.26. The van der Waals surface area contributed by atoms with Gasteiger partial charge in [-0.2, -0.15) is 5.10 Å². The maximum absolute atomic E-state index is 12.8. The van der Waals surface area contributed by atoms with E-state index in [4.69, 9.17) is 4.74 Å². The average molecular weight is 399 g/mol. The molecule has 1 amide bonds. The lowest BCUT2D eigenvalue weighted by Crippen LogP contribution is -2.35. The molecule has 5 heteroatoms. The van der Waals surface area contributed by atoms with Crippen LogP contribution in [0.2, 0.25) is 0 Å². The molecule has 0 aromatic heterocycles. The van der Waals surface area contributed by atoms with Gasteiger partial charge in [-0.3, -0.25) is 9.69 Å². The van der Waals surface area contributed by atoms with E-state index in [2.05, 4.69) is 21.5 Å². The van der Waals surface area contributed by atoms with Crippen molar-refractivity contribution in [1.82, 2.24) is 10.3 Å². The largest absolute Gasteiger partial charge is 0.379 e. The molecule has 1 heterocycles. The van der Waals surface area contributed by atoms with Gasteiger partial charge in [-0.15, -0.1) is 0 Å². The summed E-state index contributed by atoms with van der Waals surface area (Å²) in [6, 6.07) is 27.5. The van der Waals surface area contributed by atoms with Crippen molar-refractivity contribution in [2.45, 2.75) is 6.54 Å². The second-order valence-electron chi connectivity index (χ2n) is 7.22. The molecule has 1 aliphatic heterocycles. The van der Waals surface area contributed by atoms with Crippen LogP contribution in [0.1, 0.15) is 27.0 Å². The van der Waals surface area contributed by atoms with Crippen LogP contribution in [-0.4, -0.2) is 42.8 Å². The predicted molar refractivity (Wildman–Crippen MR) is 119 cm³/mol. The zero-order valence-corrected chi connectivity index (χ0v) is 16.8. The van der Waals surface area contributed by atoms with Crippen LogP contribution in [0.25, 0.3) is 0 Å². The molecule has 3 aromatic carbocycles.